The van der Waals surface area contributed by atoms with Crippen LogP contribution < -0.4 is 15.0 Å². The van der Waals surface area contributed by atoms with Crippen LogP contribution in [0.3, 0.4) is 0 Å². The summed E-state index contributed by atoms with van der Waals surface area (Å²) < 4.78 is 6.03. The summed E-state index contributed by atoms with van der Waals surface area (Å²) in [6, 6.07) is 16.4. The number of hydrogen-bond donors (Lipinski definition) is 1. The van der Waals surface area contributed by atoms with Crippen molar-refractivity contribution >= 4 is 5.82 Å². The molecular weight excluding hydrogens is 360 g/mol. The van der Waals surface area contributed by atoms with E-state index in [1.54, 1.807) is 6.20 Å². The first kappa shape index (κ1) is 19.4. The number of ether oxygens (including phenoxy) is 1. The number of anilines is 1. The van der Waals surface area contributed by atoms with E-state index in [0.717, 1.165) is 48.9 Å². The second-order valence-corrected chi connectivity index (χ2v) is 7.43. The van der Waals surface area contributed by atoms with Crippen LogP contribution in [-0.4, -0.2) is 23.1 Å². The zero-order valence-corrected chi connectivity index (χ0v) is 16.8. The van der Waals surface area contributed by atoms with Gasteiger partial charge in [0.1, 0.15) is 18.2 Å². The molecular formula is C24H28N4O. The largest absolute Gasteiger partial charge is 0.489 e. The van der Waals surface area contributed by atoms with Gasteiger partial charge in [-0.3, -0.25) is 4.98 Å². The van der Waals surface area contributed by atoms with E-state index in [9.17, 15) is 0 Å². The van der Waals surface area contributed by atoms with E-state index in [-0.39, 0.29) is 0 Å². The molecule has 0 atom stereocenters. The highest BCUT2D eigenvalue weighted by molar-refractivity contribution is 5.41. The first-order valence-corrected chi connectivity index (χ1v) is 10.4. The molecule has 3 aromatic rings. The van der Waals surface area contributed by atoms with Crippen LogP contribution in [0, 0.1) is 0 Å². The monoisotopic (exact) mass is 388 g/mol. The van der Waals surface area contributed by atoms with Crippen molar-refractivity contribution in [2.45, 2.75) is 39.0 Å². The molecule has 0 unspecified atom stereocenters. The van der Waals surface area contributed by atoms with E-state index >= 15 is 0 Å². The number of para-hydroxylation sites is 1. The molecule has 150 valence electrons. The topological polar surface area (TPSA) is 50.3 Å². The van der Waals surface area contributed by atoms with Crippen LogP contribution in [0.1, 0.15) is 36.0 Å². The second-order valence-electron chi connectivity index (χ2n) is 7.43. The number of benzene rings is 1. The molecule has 29 heavy (non-hydrogen) atoms. The Morgan fingerprint density at radius 3 is 2.66 bits per heavy atom. The van der Waals surface area contributed by atoms with Crippen LogP contribution in [-0.2, 0) is 19.7 Å². The molecule has 1 aliphatic rings. The third kappa shape index (κ3) is 5.55. The predicted molar refractivity (Wildman–Crippen MR) is 116 cm³/mol. The maximum atomic E-state index is 6.03. The fourth-order valence-corrected chi connectivity index (χ4v) is 3.64. The third-order valence-electron chi connectivity index (χ3n) is 5.22. The lowest BCUT2D eigenvalue weighted by atomic mass is 10.1. The van der Waals surface area contributed by atoms with Crippen LogP contribution >= 0.6 is 0 Å². The van der Waals surface area contributed by atoms with Gasteiger partial charge < -0.3 is 15.0 Å². The lowest BCUT2D eigenvalue weighted by molar-refractivity contribution is 0.301. The van der Waals surface area contributed by atoms with Gasteiger partial charge in [0.15, 0.2) is 0 Å². The number of hydrogen-bond acceptors (Lipinski definition) is 5. The quantitative estimate of drug-likeness (QED) is 0.622. The second kappa shape index (κ2) is 10.0. The Balaban J connectivity index is 1.33. The van der Waals surface area contributed by atoms with Gasteiger partial charge in [0.25, 0.3) is 0 Å². The molecule has 5 heteroatoms. The minimum absolute atomic E-state index is 0.522. The van der Waals surface area contributed by atoms with Gasteiger partial charge in [0.2, 0.25) is 0 Å². The normalized spacial score (nSPS) is 14.0. The van der Waals surface area contributed by atoms with E-state index < -0.39 is 0 Å². The average Bonchev–Trinajstić information content (AvgIpc) is 2.80. The molecule has 1 saturated heterocycles. The molecule has 0 radical (unpaired) electrons. The zero-order chi connectivity index (χ0) is 19.7. The third-order valence-corrected chi connectivity index (χ3v) is 5.22. The van der Waals surface area contributed by atoms with Gasteiger partial charge in [-0.25, -0.2) is 4.98 Å². The first-order valence-electron chi connectivity index (χ1n) is 10.4. The van der Waals surface area contributed by atoms with Crippen molar-refractivity contribution < 1.29 is 4.74 Å². The Bertz CT molecular complexity index is 894. The van der Waals surface area contributed by atoms with Crippen molar-refractivity contribution in [3.8, 4) is 5.75 Å². The number of nitrogens with one attached hydrogen (secondary N) is 1. The molecule has 1 N–H and O–H groups in total. The van der Waals surface area contributed by atoms with Crippen LogP contribution in [0.4, 0.5) is 5.82 Å². The van der Waals surface area contributed by atoms with E-state index in [2.05, 4.69) is 44.5 Å². The highest BCUT2D eigenvalue weighted by Crippen LogP contribution is 2.20. The summed E-state index contributed by atoms with van der Waals surface area (Å²) in [5, 5.41) is 3.55. The van der Waals surface area contributed by atoms with E-state index in [4.69, 9.17) is 4.74 Å². The molecule has 5 nitrogen and oxygen atoms in total. The Labute approximate surface area is 172 Å². The maximum Gasteiger partial charge on any atom is 0.128 e. The highest BCUT2D eigenvalue weighted by atomic mass is 16.5. The molecule has 4 rings (SSSR count). The Hall–Kier alpha value is -2.92. The smallest absolute Gasteiger partial charge is 0.128 e. The molecule has 2 aromatic heterocycles. The standard InChI is InChI=1S/C24H28N4O/c1-4-13-28(14-5-1)24-15-20(10-12-27-24)16-26-18-22-8-2-3-9-23(22)29-19-21-7-6-11-25-17-21/h2-3,6-12,15,17,26H,1,4-5,13-14,16,18-19H2. The van der Waals surface area contributed by atoms with Gasteiger partial charge in [0, 0.05) is 55.9 Å². The molecule has 1 aromatic carbocycles. The summed E-state index contributed by atoms with van der Waals surface area (Å²) in [5.74, 6) is 2.01. The minimum Gasteiger partial charge on any atom is -0.489 e. The fourth-order valence-electron chi connectivity index (χ4n) is 3.64. The summed E-state index contributed by atoms with van der Waals surface area (Å²) in [4.78, 5) is 11.1. The van der Waals surface area contributed by atoms with Crippen molar-refractivity contribution in [3.63, 3.8) is 0 Å². The Kier molecular flexibility index (Phi) is 6.71. The fraction of sp³-hybridized carbons (Fsp3) is 0.333. The van der Waals surface area contributed by atoms with E-state index in [1.165, 1.54) is 24.8 Å². The average molecular weight is 389 g/mol. The zero-order valence-electron chi connectivity index (χ0n) is 16.8. The van der Waals surface area contributed by atoms with E-state index in [0.29, 0.717) is 6.61 Å². The maximum absolute atomic E-state index is 6.03. The number of piperidine rings is 1. The summed E-state index contributed by atoms with van der Waals surface area (Å²) in [5.41, 5.74) is 3.48. The number of nitrogens with zero attached hydrogens (tertiary/aromatic N) is 3. The van der Waals surface area contributed by atoms with Gasteiger partial charge in [-0.15, -0.1) is 0 Å². The molecule has 3 heterocycles. The van der Waals surface area contributed by atoms with Crippen molar-refractivity contribution in [1.29, 1.82) is 0 Å². The molecule has 1 aliphatic heterocycles. The highest BCUT2D eigenvalue weighted by Gasteiger charge is 2.12. The van der Waals surface area contributed by atoms with E-state index in [1.807, 2.05) is 36.7 Å². The number of pyridine rings is 2. The summed E-state index contributed by atoms with van der Waals surface area (Å²) in [7, 11) is 0. The van der Waals surface area contributed by atoms with Crippen molar-refractivity contribution in [3.05, 3.63) is 83.8 Å². The van der Waals surface area contributed by atoms with Crippen molar-refractivity contribution in [2.24, 2.45) is 0 Å². The first-order chi connectivity index (χ1) is 14.4. The lowest BCUT2D eigenvalue weighted by Crippen LogP contribution is -2.30. The van der Waals surface area contributed by atoms with Gasteiger partial charge in [-0.05, 0) is 49.1 Å². The van der Waals surface area contributed by atoms with Gasteiger partial charge in [-0.1, -0.05) is 24.3 Å². The molecule has 1 fully saturated rings. The predicted octanol–water partition coefficient (Wildman–Crippen LogP) is 4.34. The van der Waals surface area contributed by atoms with Gasteiger partial charge in [0.05, 0.1) is 0 Å². The van der Waals surface area contributed by atoms with Gasteiger partial charge >= 0.3 is 0 Å². The lowest BCUT2D eigenvalue weighted by Gasteiger charge is -2.27. The van der Waals surface area contributed by atoms with Crippen molar-refractivity contribution in [2.75, 3.05) is 18.0 Å². The summed E-state index contributed by atoms with van der Waals surface area (Å²) in [6.45, 7) is 4.32. The minimum atomic E-state index is 0.522. The Morgan fingerprint density at radius 1 is 0.897 bits per heavy atom. The molecule has 0 amide bonds. The molecule has 0 saturated carbocycles. The SMILES string of the molecule is c1cncc(COc2ccccc2CNCc2ccnc(N3CCCCC3)c2)c1. The van der Waals surface area contributed by atoms with Crippen LogP contribution in [0.5, 0.6) is 5.75 Å². The summed E-state index contributed by atoms with van der Waals surface area (Å²) in [6.07, 6.45) is 9.40. The molecule has 0 spiro atoms. The number of aromatic nitrogens is 2. The summed E-state index contributed by atoms with van der Waals surface area (Å²) >= 11 is 0. The molecule has 0 aliphatic carbocycles. The Morgan fingerprint density at radius 2 is 1.79 bits per heavy atom. The van der Waals surface area contributed by atoms with Crippen LogP contribution in [0.15, 0.2) is 67.1 Å². The van der Waals surface area contributed by atoms with Crippen LogP contribution in [0.2, 0.25) is 0 Å². The number of rotatable bonds is 8. The van der Waals surface area contributed by atoms with Gasteiger partial charge in [-0.2, -0.15) is 0 Å². The van der Waals surface area contributed by atoms with Crippen molar-refractivity contribution in [1.82, 2.24) is 15.3 Å². The van der Waals surface area contributed by atoms with Crippen LogP contribution in [0.25, 0.3) is 0 Å². The molecule has 0 bridgehead atoms.